The Labute approximate surface area is 181 Å². The molecular formula is C28H50O. The lowest BCUT2D eigenvalue weighted by molar-refractivity contribution is -0.129. The van der Waals surface area contributed by atoms with Gasteiger partial charge >= 0.3 is 0 Å². The molecule has 29 heavy (non-hydrogen) atoms. The molecule has 0 aromatic heterocycles. The second-order valence-electron chi connectivity index (χ2n) is 13.1. The molecular weight excluding hydrogens is 352 g/mol. The van der Waals surface area contributed by atoms with Crippen molar-refractivity contribution in [1.29, 1.82) is 0 Å². The molecule has 4 saturated carbocycles. The van der Waals surface area contributed by atoms with Crippen LogP contribution in [0.15, 0.2) is 0 Å². The number of aliphatic hydroxyl groups is 1. The highest BCUT2D eigenvalue weighted by molar-refractivity contribution is 5.09. The van der Waals surface area contributed by atoms with E-state index in [0.717, 1.165) is 60.2 Å². The van der Waals surface area contributed by atoms with E-state index in [2.05, 4.69) is 41.5 Å². The normalized spacial score (nSPS) is 49.2. The molecule has 0 heterocycles. The third kappa shape index (κ3) is 3.74. The fourth-order valence-corrected chi connectivity index (χ4v) is 9.27. The molecule has 4 rings (SSSR count). The van der Waals surface area contributed by atoms with Gasteiger partial charge in [-0.3, -0.25) is 0 Å². The molecule has 10 atom stereocenters. The summed E-state index contributed by atoms with van der Waals surface area (Å²) in [5, 5.41) is 10.3. The molecule has 1 heteroatoms. The lowest BCUT2D eigenvalue weighted by Gasteiger charge is -2.61. The maximum Gasteiger partial charge on any atom is 0.0543 e. The lowest BCUT2D eigenvalue weighted by Crippen LogP contribution is -2.54. The Morgan fingerprint density at radius 1 is 0.793 bits per heavy atom. The summed E-state index contributed by atoms with van der Waals surface area (Å²) in [5.41, 5.74) is 1.14. The van der Waals surface area contributed by atoms with Crippen molar-refractivity contribution in [2.24, 2.45) is 58.2 Å². The van der Waals surface area contributed by atoms with Crippen LogP contribution in [0.1, 0.15) is 112 Å². The third-order valence-corrected chi connectivity index (χ3v) is 11.6. The van der Waals surface area contributed by atoms with Crippen LogP contribution in [0.4, 0.5) is 0 Å². The van der Waals surface area contributed by atoms with Gasteiger partial charge in [0, 0.05) is 0 Å². The smallest absolute Gasteiger partial charge is 0.0543 e. The second kappa shape index (κ2) is 8.14. The van der Waals surface area contributed by atoms with Gasteiger partial charge in [-0.05, 0) is 116 Å². The molecule has 0 saturated heterocycles. The first kappa shape index (κ1) is 22.2. The van der Waals surface area contributed by atoms with E-state index in [0.29, 0.717) is 10.8 Å². The summed E-state index contributed by atoms with van der Waals surface area (Å²) in [6.45, 7) is 15.2. The van der Waals surface area contributed by atoms with E-state index in [9.17, 15) is 5.11 Å². The molecule has 4 fully saturated rings. The maximum atomic E-state index is 10.3. The summed E-state index contributed by atoms with van der Waals surface area (Å²) in [4.78, 5) is 0. The van der Waals surface area contributed by atoms with Crippen molar-refractivity contribution in [3.63, 3.8) is 0 Å². The number of hydrogen-bond acceptors (Lipinski definition) is 1. The fraction of sp³-hybridized carbons (Fsp3) is 1.00. The topological polar surface area (TPSA) is 20.2 Å². The van der Waals surface area contributed by atoms with Crippen LogP contribution >= 0.6 is 0 Å². The Balaban J connectivity index is 1.46. The monoisotopic (exact) mass is 402 g/mol. The summed E-state index contributed by atoms with van der Waals surface area (Å²) in [6, 6.07) is 0. The van der Waals surface area contributed by atoms with Crippen LogP contribution in [0, 0.1) is 58.2 Å². The Morgan fingerprint density at radius 3 is 2.21 bits per heavy atom. The van der Waals surface area contributed by atoms with Crippen molar-refractivity contribution in [1.82, 2.24) is 0 Å². The van der Waals surface area contributed by atoms with Crippen LogP contribution in [-0.4, -0.2) is 11.2 Å². The summed E-state index contributed by atoms with van der Waals surface area (Å²) in [6.07, 6.45) is 15.1. The van der Waals surface area contributed by atoms with Gasteiger partial charge < -0.3 is 5.11 Å². The van der Waals surface area contributed by atoms with Gasteiger partial charge in [0.15, 0.2) is 0 Å². The standard InChI is InChI=1S/C28H50O/c1-18(2)19(3)7-8-20(4)24-11-12-25-23-10-9-21-17-22(29)13-15-27(21,5)26(23)14-16-28(24,25)6/h18-26,29H,7-17H2,1-6H3/t19-,20-,21+,22+,23+,24-,25+,26+,27+,28-/m0/s1. The van der Waals surface area contributed by atoms with Gasteiger partial charge in [0.05, 0.1) is 6.10 Å². The minimum atomic E-state index is -0.0107. The first-order valence-corrected chi connectivity index (χ1v) is 13.3. The predicted molar refractivity (Wildman–Crippen MR) is 124 cm³/mol. The van der Waals surface area contributed by atoms with E-state index in [1.54, 1.807) is 0 Å². The van der Waals surface area contributed by atoms with Crippen molar-refractivity contribution in [3.05, 3.63) is 0 Å². The predicted octanol–water partition coefficient (Wildman–Crippen LogP) is 7.71. The Bertz CT molecular complexity index is 569. The van der Waals surface area contributed by atoms with E-state index in [1.807, 2.05) is 0 Å². The van der Waals surface area contributed by atoms with Crippen LogP contribution in [0.5, 0.6) is 0 Å². The summed E-state index contributed by atoms with van der Waals surface area (Å²) in [7, 11) is 0. The van der Waals surface area contributed by atoms with Gasteiger partial charge in [0.2, 0.25) is 0 Å². The average molecular weight is 403 g/mol. The van der Waals surface area contributed by atoms with Crippen LogP contribution < -0.4 is 0 Å². The average Bonchev–Trinajstić information content (AvgIpc) is 3.03. The molecule has 0 spiro atoms. The third-order valence-electron chi connectivity index (χ3n) is 11.6. The molecule has 0 radical (unpaired) electrons. The highest BCUT2D eigenvalue weighted by Crippen LogP contribution is 2.68. The maximum absolute atomic E-state index is 10.3. The van der Waals surface area contributed by atoms with Gasteiger partial charge in [-0.15, -0.1) is 0 Å². The van der Waals surface area contributed by atoms with Gasteiger partial charge in [-0.25, -0.2) is 0 Å². The van der Waals surface area contributed by atoms with Crippen molar-refractivity contribution < 1.29 is 5.11 Å². The largest absolute Gasteiger partial charge is 0.393 e. The molecule has 0 aliphatic heterocycles. The zero-order chi connectivity index (χ0) is 21.0. The second-order valence-corrected chi connectivity index (χ2v) is 13.1. The van der Waals surface area contributed by atoms with Gasteiger partial charge in [0.1, 0.15) is 0 Å². The van der Waals surface area contributed by atoms with E-state index < -0.39 is 0 Å². The molecule has 0 unspecified atom stereocenters. The van der Waals surface area contributed by atoms with Gasteiger partial charge in [0.25, 0.3) is 0 Å². The van der Waals surface area contributed by atoms with Crippen LogP contribution in [0.3, 0.4) is 0 Å². The molecule has 0 aromatic carbocycles. The summed E-state index contributed by atoms with van der Waals surface area (Å²) in [5.74, 6) is 7.28. The van der Waals surface area contributed by atoms with E-state index in [1.165, 1.54) is 57.8 Å². The molecule has 0 amide bonds. The molecule has 1 N–H and O–H groups in total. The van der Waals surface area contributed by atoms with E-state index >= 15 is 0 Å². The van der Waals surface area contributed by atoms with Crippen molar-refractivity contribution in [2.75, 3.05) is 0 Å². The molecule has 4 aliphatic rings. The van der Waals surface area contributed by atoms with Crippen LogP contribution in [0.2, 0.25) is 0 Å². The number of aliphatic hydroxyl groups excluding tert-OH is 1. The molecule has 168 valence electrons. The van der Waals surface area contributed by atoms with Crippen molar-refractivity contribution in [3.8, 4) is 0 Å². The minimum absolute atomic E-state index is 0.0107. The number of fused-ring (bicyclic) bond motifs is 5. The van der Waals surface area contributed by atoms with Crippen LogP contribution in [0.25, 0.3) is 0 Å². The number of hydrogen-bond donors (Lipinski definition) is 1. The fourth-order valence-electron chi connectivity index (χ4n) is 9.27. The highest BCUT2D eigenvalue weighted by Gasteiger charge is 2.60. The summed E-state index contributed by atoms with van der Waals surface area (Å²) >= 11 is 0. The summed E-state index contributed by atoms with van der Waals surface area (Å²) < 4.78 is 0. The molecule has 4 aliphatic carbocycles. The van der Waals surface area contributed by atoms with Crippen LogP contribution in [-0.2, 0) is 0 Å². The van der Waals surface area contributed by atoms with Crippen molar-refractivity contribution in [2.45, 2.75) is 118 Å². The van der Waals surface area contributed by atoms with Gasteiger partial charge in [-0.2, -0.15) is 0 Å². The zero-order valence-electron chi connectivity index (χ0n) is 20.4. The number of rotatable bonds is 5. The van der Waals surface area contributed by atoms with Gasteiger partial charge in [-0.1, -0.05) is 54.4 Å². The van der Waals surface area contributed by atoms with E-state index in [4.69, 9.17) is 0 Å². The Morgan fingerprint density at radius 2 is 1.48 bits per heavy atom. The minimum Gasteiger partial charge on any atom is -0.393 e. The lowest BCUT2D eigenvalue weighted by atomic mass is 9.44. The highest BCUT2D eigenvalue weighted by atomic mass is 16.3. The quantitative estimate of drug-likeness (QED) is 0.499. The first-order chi connectivity index (χ1) is 13.7. The SMILES string of the molecule is CC(C)[C@@H](C)CC[C@H](C)[C@@H]1CC[C@@H]2[C@H]3CC[C@@H]4C[C@H](O)CC[C@@]4(C)[C@@H]3CC[C@]21C. The molecule has 0 aromatic rings. The first-order valence-electron chi connectivity index (χ1n) is 13.3. The molecule has 0 bridgehead atoms. The zero-order valence-corrected chi connectivity index (χ0v) is 20.4. The molecule has 1 nitrogen and oxygen atoms in total. The Hall–Kier alpha value is -0.0400. The Kier molecular flexibility index (Phi) is 6.22. The van der Waals surface area contributed by atoms with Crippen molar-refractivity contribution >= 4 is 0 Å². The van der Waals surface area contributed by atoms with E-state index in [-0.39, 0.29) is 6.10 Å².